The molecule has 10 heteroatoms. The number of anilines is 2. The molecule has 9 nitrogen and oxygen atoms in total. The Morgan fingerprint density at radius 1 is 1.22 bits per heavy atom. The van der Waals surface area contributed by atoms with Crippen LogP contribution in [0.25, 0.3) is 0 Å². The number of rotatable bonds is 3. The quantitative estimate of drug-likeness (QED) is 0.546. The smallest absolute Gasteiger partial charge is 0.250 e. The van der Waals surface area contributed by atoms with E-state index in [1.807, 2.05) is 19.9 Å². The molecule has 4 heterocycles. The van der Waals surface area contributed by atoms with E-state index in [9.17, 15) is 24.4 Å². The Balaban J connectivity index is 1.53. The van der Waals surface area contributed by atoms with Crippen molar-refractivity contribution in [1.29, 1.82) is 5.26 Å². The number of amides is 4. The van der Waals surface area contributed by atoms with Crippen molar-refractivity contribution in [2.24, 2.45) is 17.6 Å². The molecule has 1 aromatic carbocycles. The van der Waals surface area contributed by atoms with E-state index in [0.717, 1.165) is 52.2 Å². The summed E-state index contributed by atoms with van der Waals surface area (Å²) in [5.74, 6) is -4.12. The van der Waals surface area contributed by atoms with Crippen LogP contribution in [0.4, 0.5) is 10.7 Å². The molecule has 1 spiro atoms. The fourth-order valence-electron chi connectivity index (χ4n) is 6.54. The molecule has 36 heavy (non-hydrogen) atoms. The van der Waals surface area contributed by atoms with Crippen LogP contribution in [0.5, 0.6) is 0 Å². The summed E-state index contributed by atoms with van der Waals surface area (Å²) in [6.45, 7) is 3.82. The van der Waals surface area contributed by atoms with Crippen molar-refractivity contribution in [2.45, 2.75) is 57.5 Å². The van der Waals surface area contributed by atoms with Crippen molar-refractivity contribution >= 4 is 45.7 Å². The zero-order chi connectivity index (χ0) is 25.5. The van der Waals surface area contributed by atoms with Crippen molar-refractivity contribution < 1.29 is 19.2 Å². The first-order valence-corrected chi connectivity index (χ1v) is 12.9. The van der Waals surface area contributed by atoms with E-state index in [1.54, 1.807) is 6.07 Å². The van der Waals surface area contributed by atoms with E-state index in [0.29, 0.717) is 21.8 Å². The van der Waals surface area contributed by atoms with E-state index in [-0.39, 0.29) is 6.42 Å². The number of imide groups is 1. The van der Waals surface area contributed by atoms with Crippen molar-refractivity contribution in [1.82, 2.24) is 5.32 Å². The molecule has 1 aromatic heterocycles. The number of benzene rings is 1. The summed E-state index contributed by atoms with van der Waals surface area (Å²) >= 11 is 1.32. The van der Waals surface area contributed by atoms with Gasteiger partial charge in [0.1, 0.15) is 16.6 Å². The molecular formula is C26H25N5O4S. The molecule has 4 aliphatic rings. The molecule has 184 valence electrons. The van der Waals surface area contributed by atoms with Gasteiger partial charge in [0.15, 0.2) is 0 Å². The molecule has 1 aliphatic carbocycles. The summed E-state index contributed by atoms with van der Waals surface area (Å²) in [5.41, 5.74) is 8.36. The number of fused-ring (bicyclic) bond motifs is 5. The van der Waals surface area contributed by atoms with Crippen LogP contribution < -0.4 is 21.3 Å². The van der Waals surface area contributed by atoms with Crippen molar-refractivity contribution in [3.63, 3.8) is 0 Å². The number of nitrogens with two attached hydrogens (primary N) is 1. The van der Waals surface area contributed by atoms with Crippen LogP contribution in [0.3, 0.4) is 0 Å². The minimum Gasteiger partial charge on any atom is -0.370 e. The highest BCUT2D eigenvalue weighted by molar-refractivity contribution is 7.17. The minimum atomic E-state index is -1.51. The summed E-state index contributed by atoms with van der Waals surface area (Å²) < 4.78 is 0. The molecular weight excluding hydrogens is 478 g/mol. The van der Waals surface area contributed by atoms with Crippen LogP contribution in [0, 0.1) is 37.0 Å². The third kappa shape index (κ3) is 2.78. The van der Waals surface area contributed by atoms with Crippen molar-refractivity contribution in [2.75, 3.05) is 10.2 Å². The number of thiophene rings is 1. The lowest BCUT2D eigenvalue weighted by Gasteiger charge is -2.29. The molecule has 0 unspecified atom stereocenters. The summed E-state index contributed by atoms with van der Waals surface area (Å²) in [6.07, 6.45) is 3.29. The van der Waals surface area contributed by atoms with Gasteiger partial charge in [-0.15, -0.1) is 11.3 Å². The Morgan fingerprint density at radius 2 is 1.97 bits per heavy atom. The molecule has 4 N–H and O–H groups in total. The predicted molar refractivity (Wildman–Crippen MR) is 132 cm³/mol. The Kier molecular flexibility index (Phi) is 4.91. The normalized spacial score (nSPS) is 28.2. The molecule has 0 radical (unpaired) electrons. The predicted octanol–water partition coefficient (Wildman–Crippen LogP) is 1.92. The Labute approximate surface area is 211 Å². The molecule has 0 bridgehead atoms. The second kappa shape index (κ2) is 7.72. The topological polar surface area (TPSA) is 145 Å². The number of aryl methyl sites for hydroxylation is 2. The fraction of sp³-hybridized carbons (Fsp3) is 0.423. The van der Waals surface area contributed by atoms with Crippen LogP contribution in [0.2, 0.25) is 0 Å². The average molecular weight is 504 g/mol. The van der Waals surface area contributed by atoms with Gasteiger partial charge >= 0.3 is 0 Å². The number of nitrogens with one attached hydrogen (secondary N) is 2. The fourth-order valence-corrected chi connectivity index (χ4v) is 7.88. The van der Waals surface area contributed by atoms with Crippen LogP contribution in [-0.4, -0.2) is 29.7 Å². The summed E-state index contributed by atoms with van der Waals surface area (Å²) in [6, 6.07) is 5.11. The number of hydrogen-bond acceptors (Lipinski definition) is 7. The maximum Gasteiger partial charge on any atom is 0.250 e. The second-order valence-electron chi connectivity index (χ2n) is 10.1. The standard InChI is InChI=1S/C26H25N5O4S/c1-11-7-8-15-21(12(11)2)29-25(35)26(15)20-19(16(30-26)9-18(28)32)22(33)31(23(20)34)24-14(10-27)13-5-3-4-6-17(13)36-24/h7-8,16,19-20,30H,3-6,9H2,1-2H3,(H2,28,32)(H,29,35)/t16-,19+,20-,26+/m0/s1. The van der Waals surface area contributed by atoms with Crippen LogP contribution in [0.1, 0.15) is 52.0 Å². The summed E-state index contributed by atoms with van der Waals surface area (Å²) in [7, 11) is 0. The third-order valence-electron chi connectivity index (χ3n) is 8.31. The van der Waals surface area contributed by atoms with Gasteiger partial charge < -0.3 is 11.1 Å². The number of primary amides is 1. The summed E-state index contributed by atoms with van der Waals surface area (Å²) in [4.78, 5) is 55.8. The van der Waals surface area contributed by atoms with E-state index in [2.05, 4.69) is 16.7 Å². The van der Waals surface area contributed by atoms with Gasteiger partial charge in [-0.05, 0) is 56.2 Å². The van der Waals surface area contributed by atoms with Gasteiger partial charge in [-0.1, -0.05) is 12.1 Å². The minimum absolute atomic E-state index is 0.199. The first-order chi connectivity index (χ1) is 17.2. The molecule has 2 aromatic rings. The number of carbonyl (C=O) groups excluding carboxylic acids is 4. The zero-order valence-electron chi connectivity index (χ0n) is 19.9. The number of nitrogens with zero attached hydrogens (tertiary/aromatic N) is 2. The monoisotopic (exact) mass is 503 g/mol. The third-order valence-corrected chi connectivity index (χ3v) is 9.59. The van der Waals surface area contributed by atoms with Gasteiger partial charge in [0, 0.05) is 28.6 Å². The highest BCUT2D eigenvalue weighted by Gasteiger charge is 2.71. The van der Waals surface area contributed by atoms with Crippen molar-refractivity contribution in [3.8, 4) is 6.07 Å². The number of carbonyl (C=O) groups is 4. The first-order valence-electron chi connectivity index (χ1n) is 12.1. The lowest BCUT2D eigenvalue weighted by molar-refractivity contribution is -0.130. The molecule has 3 aliphatic heterocycles. The second-order valence-corrected chi connectivity index (χ2v) is 11.2. The van der Waals surface area contributed by atoms with E-state index >= 15 is 0 Å². The van der Waals surface area contributed by atoms with Crippen LogP contribution in [-0.2, 0) is 37.6 Å². The van der Waals surface area contributed by atoms with Gasteiger partial charge in [0.2, 0.25) is 23.6 Å². The van der Waals surface area contributed by atoms with Gasteiger partial charge in [-0.3, -0.25) is 24.5 Å². The van der Waals surface area contributed by atoms with Gasteiger partial charge in [0.05, 0.1) is 17.4 Å². The molecule has 4 amide bonds. The Bertz CT molecular complexity index is 1440. The van der Waals surface area contributed by atoms with Gasteiger partial charge in [-0.2, -0.15) is 5.26 Å². The maximum absolute atomic E-state index is 14.1. The lowest BCUT2D eigenvalue weighted by atomic mass is 9.76. The van der Waals surface area contributed by atoms with Crippen LogP contribution in [0.15, 0.2) is 12.1 Å². The van der Waals surface area contributed by atoms with Gasteiger partial charge in [-0.25, -0.2) is 4.90 Å². The number of nitriles is 1. The highest BCUT2D eigenvalue weighted by atomic mass is 32.1. The summed E-state index contributed by atoms with van der Waals surface area (Å²) in [5, 5.41) is 16.5. The van der Waals surface area contributed by atoms with Crippen molar-refractivity contribution in [3.05, 3.63) is 44.8 Å². The highest BCUT2D eigenvalue weighted by Crippen LogP contribution is 2.55. The lowest BCUT2D eigenvalue weighted by Crippen LogP contribution is -2.53. The van der Waals surface area contributed by atoms with E-state index in [1.165, 1.54) is 11.3 Å². The Hall–Kier alpha value is -3.55. The van der Waals surface area contributed by atoms with E-state index < -0.39 is 47.0 Å². The molecule has 2 saturated heterocycles. The maximum atomic E-state index is 14.1. The zero-order valence-corrected chi connectivity index (χ0v) is 20.8. The van der Waals surface area contributed by atoms with Gasteiger partial charge in [0.25, 0.3) is 0 Å². The Morgan fingerprint density at radius 3 is 2.69 bits per heavy atom. The molecule has 2 fully saturated rings. The average Bonchev–Trinajstić information content (AvgIpc) is 3.52. The molecule has 0 saturated carbocycles. The largest absolute Gasteiger partial charge is 0.370 e. The number of hydrogen-bond donors (Lipinski definition) is 3. The first kappa shape index (κ1) is 22.9. The molecule has 4 atom stereocenters. The SMILES string of the molecule is Cc1ccc2c(c1C)NC(=O)[C@@]21N[C@@H](CC(N)=O)[C@H]2C(=O)N(c3sc4c(c3C#N)CCCC4)C(=O)[C@H]21. The van der Waals surface area contributed by atoms with Crippen LogP contribution >= 0.6 is 11.3 Å². The van der Waals surface area contributed by atoms with E-state index in [4.69, 9.17) is 5.73 Å². The molecule has 6 rings (SSSR count).